The molecule has 0 atom stereocenters. The molecule has 2 rings (SSSR count). The van der Waals surface area contributed by atoms with E-state index in [0.717, 1.165) is 5.56 Å². The maximum atomic E-state index is 12.6. The number of hydrogen-bond donors (Lipinski definition) is 1. The van der Waals surface area contributed by atoms with Gasteiger partial charge in [0.1, 0.15) is 11.4 Å². The molecule has 174 valence electrons. The summed E-state index contributed by atoms with van der Waals surface area (Å²) in [4.78, 5) is 30.3. The van der Waals surface area contributed by atoms with Gasteiger partial charge >= 0.3 is 6.09 Å². The zero-order chi connectivity index (χ0) is 23.8. The van der Waals surface area contributed by atoms with E-state index in [2.05, 4.69) is 10.3 Å². The molecule has 1 heterocycles. The first kappa shape index (κ1) is 25.6. The van der Waals surface area contributed by atoms with Crippen LogP contribution in [0.2, 0.25) is 5.02 Å². The van der Waals surface area contributed by atoms with Gasteiger partial charge in [-0.05, 0) is 63.1 Å². The number of pyridine rings is 1. The summed E-state index contributed by atoms with van der Waals surface area (Å²) in [6.07, 6.45) is 3.26. The summed E-state index contributed by atoms with van der Waals surface area (Å²) >= 11 is 5.77. The number of hydrogen-bond acceptors (Lipinski definition) is 6. The van der Waals surface area contributed by atoms with Crippen LogP contribution < -0.4 is 5.32 Å². The predicted molar refractivity (Wildman–Crippen MR) is 122 cm³/mol. The number of halogens is 1. The van der Waals surface area contributed by atoms with Crippen molar-refractivity contribution in [1.82, 2.24) is 15.2 Å². The van der Waals surface area contributed by atoms with E-state index >= 15 is 0 Å². The minimum Gasteiger partial charge on any atom is -0.444 e. The van der Waals surface area contributed by atoms with Crippen molar-refractivity contribution in [1.29, 1.82) is 0 Å². The number of ether oxygens (including phenoxy) is 1. The fourth-order valence-electron chi connectivity index (χ4n) is 2.72. The molecule has 1 aromatic carbocycles. The van der Waals surface area contributed by atoms with Crippen LogP contribution in [0.3, 0.4) is 0 Å². The highest BCUT2D eigenvalue weighted by molar-refractivity contribution is 7.92. The van der Waals surface area contributed by atoms with Crippen molar-refractivity contribution < 1.29 is 22.7 Å². The average Bonchev–Trinajstić information content (AvgIpc) is 2.69. The molecule has 0 radical (unpaired) electrons. The summed E-state index contributed by atoms with van der Waals surface area (Å²) in [7, 11) is -3.77. The lowest BCUT2D eigenvalue weighted by Gasteiger charge is -2.27. The number of carbonyl (C=O) groups excluding carboxylic acids is 2. The molecular weight excluding hydrogens is 454 g/mol. The van der Waals surface area contributed by atoms with Crippen LogP contribution in [0.1, 0.15) is 32.8 Å². The molecule has 10 heteroatoms. The summed E-state index contributed by atoms with van der Waals surface area (Å²) in [5.74, 6) is -1.28. The van der Waals surface area contributed by atoms with E-state index in [9.17, 15) is 18.0 Å². The van der Waals surface area contributed by atoms with Crippen LogP contribution in [0, 0.1) is 0 Å². The molecule has 1 aromatic heterocycles. The number of rotatable bonds is 9. The topological polar surface area (TPSA) is 106 Å². The molecular formula is C22H28ClN3O5S. The van der Waals surface area contributed by atoms with Crippen molar-refractivity contribution in [2.24, 2.45) is 0 Å². The Hall–Kier alpha value is -2.65. The van der Waals surface area contributed by atoms with E-state index in [1.54, 1.807) is 39.2 Å². The summed E-state index contributed by atoms with van der Waals surface area (Å²) < 4.78 is 30.1. The fraction of sp³-hybridized carbons (Fsp3) is 0.409. The largest absolute Gasteiger partial charge is 0.444 e. The lowest BCUT2D eigenvalue weighted by molar-refractivity contribution is -0.118. The first-order valence-electron chi connectivity index (χ1n) is 10.1. The normalized spacial score (nSPS) is 11.6. The molecule has 0 aliphatic carbocycles. The Balaban J connectivity index is 1.88. The molecule has 0 aliphatic rings. The van der Waals surface area contributed by atoms with Crippen molar-refractivity contribution in [3.63, 3.8) is 0 Å². The van der Waals surface area contributed by atoms with Gasteiger partial charge < -0.3 is 15.0 Å². The van der Waals surface area contributed by atoms with Gasteiger partial charge in [0.2, 0.25) is 5.91 Å². The van der Waals surface area contributed by atoms with E-state index in [4.69, 9.17) is 16.3 Å². The Morgan fingerprint density at radius 2 is 1.84 bits per heavy atom. The first-order chi connectivity index (χ1) is 15.0. The second-order valence-corrected chi connectivity index (χ2v) is 10.6. The maximum absolute atomic E-state index is 12.6. The lowest BCUT2D eigenvalue weighted by Crippen LogP contribution is -2.38. The smallest absolute Gasteiger partial charge is 0.410 e. The number of sulfone groups is 1. The molecule has 0 spiro atoms. The Bertz CT molecular complexity index is 1010. The molecule has 0 aliphatic heterocycles. The molecule has 0 saturated heterocycles. The number of nitrogens with zero attached hydrogens (tertiary/aromatic N) is 2. The quantitative estimate of drug-likeness (QED) is 0.550. The molecule has 0 unspecified atom stereocenters. The van der Waals surface area contributed by atoms with Gasteiger partial charge in [0.25, 0.3) is 0 Å². The number of aromatic nitrogens is 1. The summed E-state index contributed by atoms with van der Waals surface area (Å²) in [5, 5.41) is 3.00. The number of amides is 2. The predicted octanol–water partition coefficient (Wildman–Crippen LogP) is 3.45. The zero-order valence-electron chi connectivity index (χ0n) is 18.4. The second-order valence-electron chi connectivity index (χ2n) is 8.18. The highest BCUT2D eigenvalue weighted by atomic mass is 35.5. The van der Waals surface area contributed by atoms with Crippen LogP contribution in [0.25, 0.3) is 0 Å². The summed E-state index contributed by atoms with van der Waals surface area (Å²) in [6, 6.07) is 9.28. The van der Waals surface area contributed by atoms with E-state index in [1.165, 1.54) is 29.2 Å². The molecule has 8 nitrogen and oxygen atoms in total. The van der Waals surface area contributed by atoms with E-state index in [-0.39, 0.29) is 11.4 Å². The van der Waals surface area contributed by atoms with Crippen molar-refractivity contribution in [2.45, 2.75) is 44.2 Å². The van der Waals surface area contributed by atoms with E-state index < -0.39 is 33.2 Å². The van der Waals surface area contributed by atoms with Crippen LogP contribution in [0.5, 0.6) is 0 Å². The van der Waals surface area contributed by atoms with Gasteiger partial charge in [0.15, 0.2) is 9.84 Å². The summed E-state index contributed by atoms with van der Waals surface area (Å²) in [6.45, 7) is 6.19. The molecule has 0 bridgehead atoms. The van der Waals surface area contributed by atoms with Crippen LogP contribution in [-0.2, 0) is 25.9 Å². The monoisotopic (exact) mass is 481 g/mol. The third-order valence-corrected chi connectivity index (χ3v) is 6.05. The Morgan fingerprint density at radius 3 is 2.44 bits per heavy atom. The van der Waals surface area contributed by atoms with Crippen molar-refractivity contribution in [3.8, 4) is 0 Å². The van der Waals surface area contributed by atoms with E-state index in [1.807, 2.05) is 6.07 Å². The van der Waals surface area contributed by atoms with Crippen molar-refractivity contribution in [3.05, 3.63) is 59.4 Å². The minimum atomic E-state index is -3.77. The lowest BCUT2D eigenvalue weighted by atomic mass is 10.2. The molecule has 32 heavy (non-hydrogen) atoms. The van der Waals surface area contributed by atoms with Gasteiger partial charge in [-0.25, -0.2) is 13.2 Å². The SMILES string of the molecule is CC(C)(C)OC(=O)N(CCCNC(=O)CS(=O)(=O)c1ccc(Cl)cc1)Cc1cccnc1. The highest BCUT2D eigenvalue weighted by Crippen LogP contribution is 2.15. The molecule has 0 saturated carbocycles. The third kappa shape index (κ3) is 8.84. The van der Waals surface area contributed by atoms with Gasteiger partial charge in [-0.15, -0.1) is 0 Å². The van der Waals surface area contributed by atoms with Gasteiger partial charge in [-0.3, -0.25) is 9.78 Å². The van der Waals surface area contributed by atoms with Gasteiger partial charge in [0.05, 0.1) is 11.4 Å². The van der Waals surface area contributed by atoms with Crippen molar-refractivity contribution in [2.75, 3.05) is 18.8 Å². The standard InChI is InChI=1S/C22H28ClN3O5S/c1-22(2,3)31-21(28)26(15-17-6-4-11-24-14-17)13-5-12-25-20(27)16-32(29,30)19-9-7-18(23)8-10-19/h4,6-11,14H,5,12-13,15-16H2,1-3H3,(H,25,27). The average molecular weight is 482 g/mol. The minimum absolute atomic E-state index is 0.0321. The van der Waals surface area contributed by atoms with Crippen LogP contribution in [0.4, 0.5) is 4.79 Å². The number of nitrogens with one attached hydrogen (secondary N) is 1. The van der Waals surface area contributed by atoms with Gasteiger partial charge in [-0.2, -0.15) is 0 Å². The zero-order valence-corrected chi connectivity index (χ0v) is 19.9. The van der Waals surface area contributed by atoms with Crippen molar-refractivity contribution >= 4 is 33.4 Å². The molecule has 1 N–H and O–H groups in total. The number of benzene rings is 1. The Kier molecular flexibility index (Phi) is 9.03. The van der Waals surface area contributed by atoms with Crippen LogP contribution in [0.15, 0.2) is 53.7 Å². The van der Waals surface area contributed by atoms with Crippen LogP contribution in [-0.4, -0.2) is 54.7 Å². The van der Waals surface area contributed by atoms with Gasteiger partial charge in [0, 0.05) is 30.5 Å². The Morgan fingerprint density at radius 1 is 1.16 bits per heavy atom. The molecule has 2 aromatic rings. The van der Waals surface area contributed by atoms with Gasteiger partial charge in [-0.1, -0.05) is 17.7 Å². The van der Waals surface area contributed by atoms with Crippen LogP contribution >= 0.6 is 11.6 Å². The Labute approximate surface area is 193 Å². The highest BCUT2D eigenvalue weighted by Gasteiger charge is 2.23. The maximum Gasteiger partial charge on any atom is 0.410 e. The summed E-state index contributed by atoms with van der Waals surface area (Å²) in [5.41, 5.74) is 0.200. The van der Waals surface area contributed by atoms with E-state index in [0.29, 0.717) is 24.5 Å². The molecule has 2 amide bonds. The fourth-order valence-corrected chi connectivity index (χ4v) is 4.01. The molecule has 0 fully saturated rings. The number of carbonyl (C=O) groups is 2. The third-order valence-electron chi connectivity index (χ3n) is 4.17. The second kappa shape index (κ2) is 11.3. The first-order valence-corrected chi connectivity index (χ1v) is 12.1.